The lowest BCUT2D eigenvalue weighted by Crippen LogP contribution is -1.96. The van der Waals surface area contributed by atoms with Crippen molar-refractivity contribution in [2.75, 3.05) is 13.2 Å². The third-order valence-corrected chi connectivity index (χ3v) is 1.42. The highest BCUT2D eigenvalue weighted by Crippen LogP contribution is 2.35. The summed E-state index contributed by atoms with van der Waals surface area (Å²) in [6.07, 6.45) is 3.69. The van der Waals surface area contributed by atoms with Crippen LogP contribution in [0.4, 0.5) is 0 Å². The van der Waals surface area contributed by atoms with Crippen LogP contribution in [-0.2, 0) is 13.8 Å². The lowest BCUT2D eigenvalue weighted by molar-refractivity contribution is 0.168. The zero-order valence-corrected chi connectivity index (χ0v) is 7.74. The van der Waals surface area contributed by atoms with Gasteiger partial charge in [0.15, 0.2) is 0 Å². The van der Waals surface area contributed by atoms with Crippen molar-refractivity contribution in [3.8, 4) is 0 Å². The minimum atomic E-state index is -4.29. The summed E-state index contributed by atoms with van der Waals surface area (Å²) in [5.74, 6) is 0. The fraction of sp³-hybridized carbons (Fsp3) is 0.667. The Morgan fingerprint density at radius 3 is 2.58 bits per heavy atom. The summed E-state index contributed by atoms with van der Waals surface area (Å²) >= 11 is 0. The summed E-state index contributed by atoms with van der Waals surface area (Å²) in [5.41, 5.74) is 0. The van der Waals surface area contributed by atoms with Gasteiger partial charge >= 0.3 is 7.82 Å². The molecule has 2 N–H and O–H groups in total. The average molecular weight is 196 g/mol. The van der Waals surface area contributed by atoms with Crippen molar-refractivity contribution in [2.24, 2.45) is 0 Å². The molecule has 0 radical (unpaired) electrons. The molecule has 0 fully saturated rings. The number of rotatable bonds is 6. The molecule has 72 valence electrons. The van der Waals surface area contributed by atoms with Crippen molar-refractivity contribution in [3.05, 3.63) is 12.3 Å². The quantitative estimate of drug-likeness (QED) is 0.377. The number of hydrogen-bond donors (Lipinski definition) is 2. The molecule has 0 atom stereocenters. The second kappa shape index (κ2) is 6.20. The Hall–Kier alpha value is -0.350. The van der Waals surface area contributed by atoms with Gasteiger partial charge in [0.05, 0.1) is 19.5 Å². The normalized spacial score (nSPS) is 12.2. The Labute approximate surface area is 71.2 Å². The van der Waals surface area contributed by atoms with Crippen LogP contribution in [0.3, 0.4) is 0 Å². The van der Waals surface area contributed by atoms with E-state index in [9.17, 15) is 4.57 Å². The molecule has 0 aromatic heterocycles. The van der Waals surface area contributed by atoms with Gasteiger partial charge < -0.3 is 14.5 Å². The Bertz CT molecular complexity index is 173. The van der Waals surface area contributed by atoms with Gasteiger partial charge in [0.25, 0.3) is 0 Å². The van der Waals surface area contributed by atoms with Crippen LogP contribution in [0, 0.1) is 0 Å². The maximum absolute atomic E-state index is 10.1. The highest BCUT2D eigenvalue weighted by atomic mass is 31.2. The molecule has 0 aliphatic heterocycles. The van der Waals surface area contributed by atoms with Gasteiger partial charge in [0.1, 0.15) is 0 Å². The molecule has 5 nitrogen and oxygen atoms in total. The first kappa shape index (κ1) is 11.6. The SMILES string of the molecule is CC=COCCCOP(=O)(O)O. The molecular weight excluding hydrogens is 183 g/mol. The van der Waals surface area contributed by atoms with Crippen LogP contribution in [0.2, 0.25) is 0 Å². The highest BCUT2D eigenvalue weighted by Gasteiger charge is 2.12. The summed E-state index contributed by atoms with van der Waals surface area (Å²) in [5, 5.41) is 0. The second-order valence-electron chi connectivity index (χ2n) is 2.02. The van der Waals surface area contributed by atoms with E-state index >= 15 is 0 Å². The summed E-state index contributed by atoms with van der Waals surface area (Å²) in [6.45, 7) is 2.21. The van der Waals surface area contributed by atoms with Gasteiger partial charge in [-0.25, -0.2) is 4.57 Å². The maximum atomic E-state index is 10.1. The van der Waals surface area contributed by atoms with E-state index in [2.05, 4.69) is 4.52 Å². The maximum Gasteiger partial charge on any atom is 0.469 e. The highest BCUT2D eigenvalue weighted by molar-refractivity contribution is 7.46. The standard InChI is InChI=1S/C6H13O5P/c1-2-4-10-5-3-6-11-12(7,8)9/h2,4H,3,5-6H2,1H3,(H2,7,8,9). The molecule has 0 heterocycles. The molecule has 0 saturated heterocycles. The van der Waals surface area contributed by atoms with Gasteiger partial charge in [-0.2, -0.15) is 0 Å². The number of phosphoric acid groups is 1. The van der Waals surface area contributed by atoms with Gasteiger partial charge in [-0.15, -0.1) is 0 Å². The number of ether oxygens (including phenoxy) is 1. The molecule has 0 unspecified atom stereocenters. The topological polar surface area (TPSA) is 76.0 Å². The molecule has 0 amide bonds. The monoisotopic (exact) mass is 196 g/mol. The van der Waals surface area contributed by atoms with Gasteiger partial charge in [-0.3, -0.25) is 4.52 Å². The van der Waals surface area contributed by atoms with Gasteiger partial charge in [-0.1, -0.05) is 6.08 Å². The van der Waals surface area contributed by atoms with E-state index in [0.29, 0.717) is 13.0 Å². The van der Waals surface area contributed by atoms with Crippen LogP contribution in [-0.4, -0.2) is 23.0 Å². The molecule has 0 aromatic rings. The number of allylic oxidation sites excluding steroid dienone is 1. The molecule has 12 heavy (non-hydrogen) atoms. The van der Waals surface area contributed by atoms with Gasteiger partial charge in [0, 0.05) is 6.42 Å². The van der Waals surface area contributed by atoms with Crippen molar-refractivity contribution in [2.45, 2.75) is 13.3 Å². The Kier molecular flexibility index (Phi) is 6.02. The summed E-state index contributed by atoms with van der Waals surface area (Å²) in [7, 11) is -4.29. The van der Waals surface area contributed by atoms with Crippen molar-refractivity contribution in [3.63, 3.8) is 0 Å². The third kappa shape index (κ3) is 9.65. The Balaban J connectivity index is 3.17. The molecule has 0 saturated carbocycles. The van der Waals surface area contributed by atoms with E-state index in [-0.39, 0.29) is 6.61 Å². The molecule has 0 rings (SSSR count). The zero-order valence-electron chi connectivity index (χ0n) is 6.84. The van der Waals surface area contributed by atoms with Crippen LogP contribution in [0.5, 0.6) is 0 Å². The van der Waals surface area contributed by atoms with Crippen molar-refractivity contribution >= 4 is 7.82 Å². The Morgan fingerprint density at radius 2 is 2.08 bits per heavy atom. The molecule has 0 aliphatic carbocycles. The first-order chi connectivity index (χ1) is 5.56. The van der Waals surface area contributed by atoms with Gasteiger partial charge in [-0.05, 0) is 6.92 Å². The fourth-order valence-corrected chi connectivity index (χ4v) is 0.857. The van der Waals surface area contributed by atoms with E-state index < -0.39 is 7.82 Å². The number of phosphoric ester groups is 1. The third-order valence-electron chi connectivity index (χ3n) is 0.898. The van der Waals surface area contributed by atoms with Crippen LogP contribution in [0.1, 0.15) is 13.3 Å². The van der Waals surface area contributed by atoms with E-state index in [1.54, 1.807) is 6.08 Å². The van der Waals surface area contributed by atoms with Gasteiger partial charge in [0.2, 0.25) is 0 Å². The molecular formula is C6H13O5P. The molecule has 6 heteroatoms. The lowest BCUT2D eigenvalue weighted by Gasteiger charge is -2.04. The van der Waals surface area contributed by atoms with E-state index in [1.807, 2.05) is 6.92 Å². The van der Waals surface area contributed by atoms with Crippen molar-refractivity contribution in [1.29, 1.82) is 0 Å². The zero-order chi connectivity index (χ0) is 9.45. The van der Waals surface area contributed by atoms with Crippen molar-refractivity contribution < 1.29 is 23.6 Å². The molecule has 0 spiro atoms. The first-order valence-corrected chi connectivity index (χ1v) is 5.02. The lowest BCUT2D eigenvalue weighted by atomic mass is 10.5. The predicted molar refractivity (Wildman–Crippen MR) is 43.4 cm³/mol. The second-order valence-corrected chi connectivity index (χ2v) is 3.26. The number of hydrogen-bond acceptors (Lipinski definition) is 3. The Morgan fingerprint density at radius 1 is 1.42 bits per heavy atom. The summed E-state index contributed by atoms with van der Waals surface area (Å²) in [6, 6.07) is 0. The molecule has 0 aromatic carbocycles. The van der Waals surface area contributed by atoms with Crippen LogP contribution >= 0.6 is 7.82 Å². The predicted octanol–water partition coefficient (Wildman–Crippen LogP) is 1.04. The van der Waals surface area contributed by atoms with Crippen LogP contribution in [0.15, 0.2) is 12.3 Å². The van der Waals surface area contributed by atoms with Crippen LogP contribution in [0.25, 0.3) is 0 Å². The van der Waals surface area contributed by atoms with E-state index in [1.165, 1.54) is 6.26 Å². The molecule has 0 aliphatic rings. The summed E-state index contributed by atoms with van der Waals surface area (Å²) < 4.78 is 19.2. The largest absolute Gasteiger partial charge is 0.501 e. The van der Waals surface area contributed by atoms with E-state index in [0.717, 1.165) is 0 Å². The van der Waals surface area contributed by atoms with E-state index in [4.69, 9.17) is 14.5 Å². The van der Waals surface area contributed by atoms with Crippen LogP contribution < -0.4 is 0 Å². The smallest absolute Gasteiger partial charge is 0.469 e. The van der Waals surface area contributed by atoms with Crippen molar-refractivity contribution in [1.82, 2.24) is 0 Å². The average Bonchev–Trinajstić information content (AvgIpc) is 1.94. The minimum Gasteiger partial charge on any atom is -0.501 e. The fourth-order valence-electron chi connectivity index (χ4n) is 0.490. The minimum absolute atomic E-state index is 0.00182. The summed E-state index contributed by atoms with van der Waals surface area (Å²) in [4.78, 5) is 16.5. The first-order valence-electron chi connectivity index (χ1n) is 3.49. The molecule has 0 bridgehead atoms.